The van der Waals surface area contributed by atoms with Crippen LogP contribution in [0.3, 0.4) is 0 Å². The van der Waals surface area contributed by atoms with Crippen LogP contribution in [0, 0.1) is 0 Å². The van der Waals surface area contributed by atoms with Crippen molar-refractivity contribution >= 4 is 18.5 Å². The molecule has 0 atom stereocenters. The summed E-state index contributed by atoms with van der Waals surface area (Å²) in [5.74, 6) is -1.28. The minimum absolute atomic E-state index is 1.28. The summed E-state index contributed by atoms with van der Waals surface area (Å²) in [4.78, 5) is 9.67. The summed E-state index contributed by atoms with van der Waals surface area (Å²) in [5.41, 5.74) is 4.35. The Kier molecular flexibility index (Phi) is 1.63. The fourth-order valence-corrected chi connectivity index (χ4v) is 0. The Morgan fingerprint density at radius 1 is 1.71 bits per heavy atom. The van der Waals surface area contributed by atoms with E-state index >= 15 is 0 Å². The number of primary amides is 1. The predicted molar refractivity (Wildman–Crippen MR) is 25.3 cm³/mol. The van der Waals surface area contributed by atoms with E-state index in [1.165, 1.54) is 0 Å². The van der Waals surface area contributed by atoms with E-state index in [9.17, 15) is 4.79 Å². The van der Waals surface area contributed by atoms with Crippen molar-refractivity contribution < 1.29 is 15.0 Å². The number of nitrogens with two attached hydrogens (primary N) is 1. The van der Waals surface area contributed by atoms with Crippen LogP contribution in [0.15, 0.2) is 0 Å². The second-order valence-electron chi connectivity index (χ2n) is 1.000. The van der Waals surface area contributed by atoms with Gasteiger partial charge in [-0.1, -0.05) is 0 Å². The number of amides is 1. The Labute approximate surface area is 45.3 Å². The monoisotopic (exact) mass is 123 g/mol. The summed E-state index contributed by atoms with van der Waals surface area (Å²) in [6.07, 6.45) is 0. The highest BCUT2D eigenvalue weighted by Crippen LogP contribution is 2.00. The number of carbonyl (C=O) groups excluding carboxylic acids is 1. The second-order valence-corrected chi connectivity index (χ2v) is 1.62. The summed E-state index contributed by atoms with van der Waals surface area (Å²) in [5, 5.41) is 13.4. The Hall–Kier alpha value is -0.260. The van der Waals surface area contributed by atoms with Crippen molar-refractivity contribution in [2.24, 2.45) is 5.73 Å². The van der Waals surface area contributed by atoms with E-state index < -0.39 is 11.0 Å². The Morgan fingerprint density at radius 2 is 1.86 bits per heavy atom. The molecule has 4 nitrogen and oxygen atoms in total. The molecule has 7 heavy (non-hydrogen) atoms. The lowest BCUT2D eigenvalue weighted by atomic mass is 10.6. The molecule has 0 fully saturated rings. The lowest BCUT2D eigenvalue weighted by Gasteiger charge is -2.06. The standard InChI is InChI=1S/C2H5NO3S/c3-1(4)2(5,6)7/h5-7H,(H2,3,4). The van der Waals surface area contributed by atoms with Gasteiger partial charge in [-0.25, -0.2) is 0 Å². The van der Waals surface area contributed by atoms with E-state index in [4.69, 9.17) is 10.2 Å². The quantitative estimate of drug-likeness (QED) is 0.241. The fraction of sp³-hybridized carbons (Fsp3) is 0.500. The molecule has 5 heteroatoms. The van der Waals surface area contributed by atoms with Gasteiger partial charge in [0.1, 0.15) is 0 Å². The van der Waals surface area contributed by atoms with Gasteiger partial charge in [0.05, 0.1) is 0 Å². The third-order valence-electron chi connectivity index (χ3n) is 0.331. The van der Waals surface area contributed by atoms with E-state index in [0.717, 1.165) is 0 Å². The molecule has 0 radical (unpaired) electrons. The van der Waals surface area contributed by atoms with Crippen LogP contribution in [-0.4, -0.2) is 21.2 Å². The fourth-order valence-electron chi connectivity index (χ4n) is 0. The lowest BCUT2D eigenvalue weighted by Crippen LogP contribution is -2.37. The molecule has 0 spiro atoms. The van der Waals surface area contributed by atoms with E-state index in [1.54, 1.807) is 0 Å². The summed E-state index contributed by atoms with van der Waals surface area (Å²) in [6.45, 7) is 0. The minimum atomic E-state index is -2.67. The van der Waals surface area contributed by atoms with Gasteiger partial charge in [0.15, 0.2) is 0 Å². The van der Waals surface area contributed by atoms with Gasteiger partial charge < -0.3 is 15.9 Å². The summed E-state index contributed by atoms with van der Waals surface area (Å²) in [7, 11) is 0. The third-order valence-corrected chi connectivity index (χ3v) is 0.551. The van der Waals surface area contributed by atoms with Gasteiger partial charge in [0.25, 0.3) is 11.0 Å². The molecule has 4 N–H and O–H groups in total. The van der Waals surface area contributed by atoms with Gasteiger partial charge >= 0.3 is 0 Å². The highest BCUT2D eigenvalue weighted by Gasteiger charge is 2.23. The number of hydrogen-bond donors (Lipinski definition) is 4. The van der Waals surface area contributed by atoms with Crippen LogP contribution >= 0.6 is 12.6 Å². The Balaban J connectivity index is 3.79. The van der Waals surface area contributed by atoms with Gasteiger partial charge in [0.2, 0.25) is 0 Å². The molecule has 0 aromatic carbocycles. The molecule has 1 amide bonds. The normalized spacial score (nSPS) is 11.3. The molecular formula is C2H5NO3S. The molecule has 0 aromatic rings. The van der Waals surface area contributed by atoms with Crippen molar-refractivity contribution in [1.29, 1.82) is 0 Å². The predicted octanol–water partition coefficient (Wildman–Crippen LogP) is -1.96. The van der Waals surface area contributed by atoms with Crippen LogP contribution in [0.25, 0.3) is 0 Å². The molecule has 0 unspecified atom stereocenters. The first-order chi connectivity index (χ1) is 2.94. The van der Waals surface area contributed by atoms with Gasteiger partial charge in [-0.3, -0.25) is 4.79 Å². The van der Waals surface area contributed by atoms with Gasteiger partial charge in [-0.2, -0.15) is 0 Å². The molecule has 42 valence electrons. The lowest BCUT2D eigenvalue weighted by molar-refractivity contribution is -0.151. The average molecular weight is 123 g/mol. The largest absolute Gasteiger partial charge is 0.364 e. The topological polar surface area (TPSA) is 83.6 Å². The highest BCUT2D eigenvalue weighted by molar-refractivity contribution is 7.82. The molecule has 0 aliphatic rings. The second kappa shape index (κ2) is 1.69. The number of carbonyl (C=O) groups is 1. The third kappa shape index (κ3) is 2.44. The number of rotatable bonds is 1. The Bertz CT molecular complexity index is 85.4. The molecular weight excluding hydrogens is 118 g/mol. The molecule has 0 aliphatic carbocycles. The molecule has 0 aliphatic heterocycles. The maximum atomic E-state index is 9.67. The van der Waals surface area contributed by atoms with Crippen LogP contribution in [0.1, 0.15) is 0 Å². The van der Waals surface area contributed by atoms with Crippen LogP contribution in [0.5, 0.6) is 0 Å². The van der Waals surface area contributed by atoms with Gasteiger partial charge in [0, 0.05) is 0 Å². The number of aliphatic hydroxyl groups is 2. The average Bonchev–Trinajstić information content (AvgIpc) is 1.31. The van der Waals surface area contributed by atoms with Crippen molar-refractivity contribution in [3.8, 4) is 0 Å². The maximum absolute atomic E-state index is 9.67. The molecule has 0 bridgehead atoms. The minimum Gasteiger partial charge on any atom is -0.364 e. The highest BCUT2D eigenvalue weighted by atomic mass is 32.1. The zero-order valence-corrected chi connectivity index (χ0v) is 4.22. The molecule has 0 saturated heterocycles. The maximum Gasteiger partial charge on any atom is 0.292 e. The summed E-state index contributed by atoms with van der Waals surface area (Å²) < 4.78 is 0. The van der Waals surface area contributed by atoms with Crippen molar-refractivity contribution in [2.45, 2.75) is 5.12 Å². The van der Waals surface area contributed by atoms with Crippen molar-refractivity contribution in [3.05, 3.63) is 0 Å². The van der Waals surface area contributed by atoms with Crippen molar-refractivity contribution in [1.82, 2.24) is 0 Å². The van der Waals surface area contributed by atoms with Crippen LogP contribution in [0.2, 0.25) is 0 Å². The first kappa shape index (κ1) is 6.74. The molecule has 0 heterocycles. The molecule has 0 aromatic heterocycles. The van der Waals surface area contributed by atoms with Crippen LogP contribution in [0.4, 0.5) is 0 Å². The smallest absolute Gasteiger partial charge is 0.292 e. The van der Waals surface area contributed by atoms with E-state index in [2.05, 4.69) is 18.4 Å². The van der Waals surface area contributed by atoms with E-state index in [-0.39, 0.29) is 0 Å². The SMILES string of the molecule is NC(=O)C(O)(O)S. The molecule has 0 rings (SSSR count). The van der Waals surface area contributed by atoms with Gasteiger partial charge in [-0.15, -0.1) is 12.6 Å². The summed E-state index contributed by atoms with van der Waals surface area (Å²) >= 11 is 2.99. The first-order valence-electron chi connectivity index (χ1n) is 1.41. The van der Waals surface area contributed by atoms with E-state index in [1.807, 2.05) is 0 Å². The number of hydrogen-bond acceptors (Lipinski definition) is 4. The molecule has 0 saturated carbocycles. The van der Waals surface area contributed by atoms with Crippen molar-refractivity contribution in [3.63, 3.8) is 0 Å². The van der Waals surface area contributed by atoms with Crippen LogP contribution < -0.4 is 5.73 Å². The first-order valence-corrected chi connectivity index (χ1v) is 1.86. The van der Waals surface area contributed by atoms with Crippen molar-refractivity contribution in [2.75, 3.05) is 0 Å². The zero-order valence-electron chi connectivity index (χ0n) is 3.33. The van der Waals surface area contributed by atoms with Crippen LogP contribution in [-0.2, 0) is 4.79 Å². The van der Waals surface area contributed by atoms with E-state index in [0.29, 0.717) is 0 Å². The summed E-state index contributed by atoms with van der Waals surface area (Å²) in [6, 6.07) is 0. The Morgan fingerprint density at radius 3 is 1.86 bits per heavy atom. The number of thiol groups is 1. The zero-order chi connectivity index (χ0) is 6.08. The van der Waals surface area contributed by atoms with Gasteiger partial charge in [-0.05, 0) is 0 Å².